The molecule has 1 aliphatic heterocycles. The summed E-state index contributed by atoms with van der Waals surface area (Å²) < 4.78 is 1.20. The molecule has 0 radical (unpaired) electrons. The summed E-state index contributed by atoms with van der Waals surface area (Å²) in [6.45, 7) is 5.75. The summed E-state index contributed by atoms with van der Waals surface area (Å²) in [6.07, 6.45) is 5.21. The Labute approximate surface area is 113 Å². The average molecular weight is 296 g/mol. The van der Waals surface area contributed by atoms with Gasteiger partial charge in [0.25, 0.3) is 0 Å². The minimum atomic E-state index is 0.613. The van der Waals surface area contributed by atoms with E-state index in [-0.39, 0.29) is 0 Å². The first-order valence-corrected chi connectivity index (χ1v) is 7.48. The number of benzene rings is 1. The molecular formula is C15H22BrN. The summed E-state index contributed by atoms with van der Waals surface area (Å²) in [5.41, 5.74) is 3.01. The molecule has 1 aromatic rings. The Hall–Kier alpha value is -0.340. The van der Waals surface area contributed by atoms with Crippen LogP contribution in [0.1, 0.15) is 50.2 Å². The molecule has 1 atom stereocenters. The highest BCUT2D eigenvalue weighted by Gasteiger charge is 2.16. The Morgan fingerprint density at radius 2 is 2.18 bits per heavy atom. The van der Waals surface area contributed by atoms with Crippen molar-refractivity contribution in [2.24, 2.45) is 0 Å². The van der Waals surface area contributed by atoms with E-state index in [9.17, 15) is 0 Å². The van der Waals surface area contributed by atoms with Crippen LogP contribution in [0.15, 0.2) is 22.7 Å². The number of halogens is 1. The number of hydrogen-bond donors (Lipinski definition) is 1. The zero-order valence-corrected chi connectivity index (χ0v) is 12.4. The third-order valence-electron chi connectivity index (χ3n) is 3.61. The second kappa shape index (κ2) is 6.01. The van der Waals surface area contributed by atoms with Crippen molar-refractivity contribution in [3.05, 3.63) is 33.8 Å². The van der Waals surface area contributed by atoms with Crippen molar-refractivity contribution >= 4 is 15.9 Å². The van der Waals surface area contributed by atoms with Crippen LogP contribution < -0.4 is 5.32 Å². The van der Waals surface area contributed by atoms with Crippen molar-refractivity contribution in [1.29, 1.82) is 0 Å². The highest BCUT2D eigenvalue weighted by molar-refractivity contribution is 9.10. The zero-order valence-electron chi connectivity index (χ0n) is 10.8. The van der Waals surface area contributed by atoms with Gasteiger partial charge in [-0.25, -0.2) is 0 Å². The monoisotopic (exact) mass is 295 g/mol. The SMILES string of the molecule is CC(C)c1ccc(Br)cc1CC1CCCCN1. The van der Waals surface area contributed by atoms with Gasteiger partial charge in [0.1, 0.15) is 0 Å². The molecule has 1 unspecified atom stereocenters. The van der Waals surface area contributed by atoms with Gasteiger partial charge in [-0.05, 0) is 55.0 Å². The van der Waals surface area contributed by atoms with Gasteiger partial charge in [0.2, 0.25) is 0 Å². The quantitative estimate of drug-likeness (QED) is 0.879. The maximum absolute atomic E-state index is 3.64. The third kappa shape index (κ3) is 3.56. The molecule has 94 valence electrons. The van der Waals surface area contributed by atoms with Crippen LogP contribution in [0.4, 0.5) is 0 Å². The molecule has 0 spiro atoms. The predicted molar refractivity (Wildman–Crippen MR) is 77.6 cm³/mol. The summed E-state index contributed by atoms with van der Waals surface area (Å²) >= 11 is 3.59. The standard InChI is InChI=1S/C15H22BrN/c1-11(2)15-7-6-13(16)9-12(15)10-14-5-3-4-8-17-14/h6-7,9,11,14,17H,3-5,8,10H2,1-2H3. The van der Waals surface area contributed by atoms with E-state index in [1.54, 1.807) is 0 Å². The van der Waals surface area contributed by atoms with E-state index in [1.165, 1.54) is 47.8 Å². The van der Waals surface area contributed by atoms with Gasteiger partial charge < -0.3 is 5.32 Å². The number of hydrogen-bond acceptors (Lipinski definition) is 1. The fourth-order valence-corrected chi connectivity index (χ4v) is 3.09. The van der Waals surface area contributed by atoms with Gasteiger partial charge in [0.05, 0.1) is 0 Å². The summed E-state index contributed by atoms with van der Waals surface area (Å²) in [5, 5.41) is 3.64. The van der Waals surface area contributed by atoms with Crippen LogP contribution in [0.2, 0.25) is 0 Å². The highest BCUT2D eigenvalue weighted by atomic mass is 79.9. The second-order valence-electron chi connectivity index (χ2n) is 5.35. The molecular weight excluding hydrogens is 274 g/mol. The summed E-state index contributed by atoms with van der Waals surface area (Å²) in [6, 6.07) is 7.40. The predicted octanol–water partition coefficient (Wildman–Crippen LogP) is 4.26. The number of rotatable bonds is 3. The van der Waals surface area contributed by atoms with Crippen LogP contribution in [0.3, 0.4) is 0 Å². The Morgan fingerprint density at radius 1 is 1.35 bits per heavy atom. The molecule has 1 nitrogen and oxygen atoms in total. The van der Waals surface area contributed by atoms with Gasteiger partial charge in [0, 0.05) is 10.5 Å². The van der Waals surface area contributed by atoms with Crippen LogP contribution in [0.5, 0.6) is 0 Å². The van der Waals surface area contributed by atoms with Crippen molar-refractivity contribution in [1.82, 2.24) is 5.32 Å². The smallest absolute Gasteiger partial charge is 0.0178 e. The van der Waals surface area contributed by atoms with E-state index in [4.69, 9.17) is 0 Å². The lowest BCUT2D eigenvalue weighted by Gasteiger charge is -2.25. The second-order valence-corrected chi connectivity index (χ2v) is 6.26. The van der Waals surface area contributed by atoms with Gasteiger partial charge in [-0.1, -0.05) is 42.3 Å². The Morgan fingerprint density at radius 3 is 2.82 bits per heavy atom. The normalized spacial score (nSPS) is 20.8. The summed E-state index contributed by atoms with van der Waals surface area (Å²) in [7, 11) is 0. The van der Waals surface area contributed by atoms with Gasteiger partial charge in [-0.3, -0.25) is 0 Å². The highest BCUT2D eigenvalue weighted by Crippen LogP contribution is 2.25. The molecule has 0 bridgehead atoms. The van der Waals surface area contributed by atoms with Crippen LogP contribution in [-0.4, -0.2) is 12.6 Å². The first-order chi connectivity index (χ1) is 8.16. The van der Waals surface area contributed by atoms with Crippen LogP contribution in [0, 0.1) is 0 Å². The third-order valence-corrected chi connectivity index (χ3v) is 4.10. The zero-order chi connectivity index (χ0) is 12.3. The molecule has 1 saturated heterocycles. The molecule has 1 aliphatic rings. The first kappa shape index (κ1) is 13.1. The maximum atomic E-state index is 3.64. The maximum Gasteiger partial charge on any atom is 0.0178 e. The van der Waals surface area contributed by atoms with Crippen molar-refractivity contribution in [2.75, 3.05) is 6.54 Å². The Kier molecular flexibility index (Phi) is 4.63. The molecule has 2 rings (SSSR count). The fraction of sp³-hybridized carbons (Fsp3) is 0.600. The topological polar surface area (TPSA) is 12.0 Å². The van der Waals surface area contributed by atoms with Gasteiger partial charge >= 0.3 is 0 Å². The van der Waals surface area contributed by atoms with Crippen molar-refractivity contribution in [3.8, 4) is 0 Å². The Bertz CT molecular complexity index is 367. The molecule has 0 aromatic heterocycles. The number of nitrogens with one attached hydrogen (secondary N) is 1. The lowest BCUT2D eigenvalue weighted by molar-refractivity contribution is 0.398. The molecule has 17 heavy (non-hydrogen) atoms. The average Bonchev–Trinajstić information content (AvgIpc) is 2.30. The van der Waals surface area contributed by atoms with E-state index in [1.807, 2.05) is 0 Å². The molecule has 0 saturated carbocycles. The van der Waals surface area contributed by atoms with E-state index in [0.717, 1.165) is 0 Å². The van der Waals surface area contributed by atoms with Crippen LogP contribution >= 0.6 is 15.9 Å². The van der Waals surface area contributed by atoms with E-state index in [0.29, 0.717) is 12.0 Å². The fourth-order valence-electron chi connectivity index (χ4n) is 2.68. The van der Waals surface area contributed by atoms with Gasteiger partial charge in [-0.2, -0.15) is 0 Å². The van der Waals surface area contributed by atoms with E-state index in [2.05, 4.69) is 53.3 Å². The van der Waals surface area contributed by atoms with Crippen molar-refractivity contribution in [3.63, 3.8) is 0 Å². The molecule has 1 fully saturated rings. The Balaban J connectivity index is 2.14. The van der Waals surface area contributed by atoms with Crippen LogP contribution in [0.25, 0.3) is 0 Å². The summed E-state index contributed by atoms with van der Waals surface area (Å²) in [5.74, 6) is 0.613. The lowest BCUT2D eigenvalue weighted by Crippen LogP contribution is -2.35. The minimum Gasteiger partial charge on any atom is -0.314 e. The van der Waals surface area contributed by atoms with Gasteiger partial charge in [-0.15, -0.1) is 0 Å². The molecule has 1 heterocycles. The molecule has 1 N–H and O–H groups in total. The van der Waals surface area contributed by atoms with Crippen LogP contribution in [-0.2, 0) is 6.42 Å². The van der Waals surface area contributed by atoms with Crippen molar-refractivity contribution < 1.29 is 0 Å². The van der Waals surface area contributed by atoms with Gasteiger partial charge in [0.15, 0.2) is 0 Å². The lowest BCUT2D eigenvalue weighted by atomic mass is 9.91. The van der Waals surface area contributed by atoms with E-state index >= 15 is 0 Å². The first-order valence-electron chi connectivity index (χ1n) is 6.68. The van der Waals surface area contributed by atoms with Crippen molar-refractivity contribution in [2.45, 2.75) is 51.5 Å². The molecule has 0 amide bonds. The molecule has 2 heteroatoms. The largest absolute Gasteiger partial charge is 0.314 e. The molecule has 1 aromatic carbocycles. The molecule has 0 aliphatic carbocycles. The number of piperidine rings is 1. The summed E-state index contributed by atoms with van der Waals surface area (Å²) in [4.78, 5) is 0. The minimum absolute atomic E-state index is 0.613. The van der Waals surface area contributed by atoms with E-state index < -0.39 is 0 Å².